The zero-order valence-electron chi connectivity index (χ0n) is 16.2. The third kappa shape index (κ3) is 4.29. The molecule has 1 aromatic heterocycles. The highest BCUT2D eigenvalue weighted by Crippen LogP contribution is 2.31. The Morgan fingerprint density at radius 3 is 2.66 bits per heavy atom. The third-order valence-electron chi connectivity index (χ3n) is 4.94. The van der Waals surface area contributed by atoms with Gasteiger partial charge in [-0.1, -0.05) is 18.5 Å². The Labute approximate surface area is 168 Å². The van der Waals surface area contributed by atoms with Crippen LogP contribution in [-0.2, 0) is 4.79 Å². The number of rotatable bonds is 7. The van der Waals surface area contributed by atoms with Gasteiger partial charge in [0.15, 0.2) is 5.82 Å². The van der Waals surface area contributed by atoms with Crippen LogP contribution in [0.25, 0.3) is 11.5 Å². The van der Waals surface area contributed by atoms with Crippen molar-refractivity contribution in [3.05, 3.63) is 60.2 Å². The molecule has 0 radical (unpaired) electrons. The van der Waals surface area contributed by atoms with Crippen LogP contribution >= 0.6 is 0 Å². The second-order valence-electron chi connectivity index (χ2n) is 7.07. The van der Waals surface area contributed by atoms with E-state index in [1.165, 1.54) is 12.1 Å². The molecule has 1 atom stereocenters. The quantitative estimate of drug-likeness (QED) is 0.548. The molecule has 1 aliphatic heterocycles. The van der Waals surface area contributed by atoms with Crippen LogP contribution in [0, 0.1) is 5.82 Å². The largest absolute Gasteiger partial charge is 0.494 e. The van der Waals surface area contributed by atoms with Crippen molar-refractivity contribution in [3.63, 3.8) is 0 Å². The molecular formula is C22H22FN3O3. The number of anilines is 1. The van der Waals surface area contributed by atoms with E-state index in [4.69, 9.17) is 9.26 Å². The zero-order chi connectivity index (χ0) is 20.2. The van der Waals surface area contributed by atoms with Gasteiger partial charge in [-0.05, 0) is 55.0 Å². The highest BCUT2D eigenvalue weighted by atomic mass is 19.1. The Kier molecular flexibility index (Phi) is 5.55. The first-order chi connectivity index (χ1) is 14.1. The Hall–Kier alpha value is -3.22. The van der Waals surface area contributed by atoms with Gasteiger partial charge in [0.05, 0.1) is 6.61 Å². The Bertz CT molecular complexity index is 970. The summed E-state index contributed by atoms with van der Waals surface area (Å²) in [5.74, 6) is 1.18. The van der Waals surface area contributed by atoms with Gasteiger partial charge in [0.2, 0.25) is 5.91 Å². The lowest BCUT2D eigenvalue weighted by Gasteiger charge is -2.15. The van der Waals surface area contributed by atoms with Crippen molar-refractivity contribution in [1.29, 1.82) is 0 Å². The molecule has 0 saturated carbocycles. The Balaban J connectivity index is 1.44. The minimum Gasteiger partial charge on any atom is -0.494 e. The van der Waals surface area contributed by atoms with E-state index in [0.717, 1.165) is 24.2 Å². The van der Waals surface area contributed by atoms with Gasteiger partial charge in [0.25, 0.3) is 5.89 Å². The van der Waals surface area contributed by atoms with Crippen molar-refractivity contribution in [2.24, 2.45) is 0 Å². The number of halogens is 1. The van der Waals surface area contributed by atoms with E-state index < -0.39 is 0 Å². The van der Waals surface area contributed by atoms with Crippen LogP contribution in [0.4, 0.5) is 10.1 Å². The smallest absolute Gasteiger partial charge is 0.257 e. The van der Waals surface area contributed by atoms with Crippen LogP contribution in [0.2, 0.25) is 0 Å². The molecule has 3 aromatic rings. The third-order valence-corrected chi connectivity index (χ3v) is 4.94. The molecule has 1 unspecified atom stereocenters. The van der Waals surface area contributed by atoms with Crippen molar-refractivity contribution in [2.75, 3.05) is 18.1 Å². The fourth-order valence-electron chi connectivity index (χ4n) is 3.30. The average Bonchev–Trinajstić information content (AvgIpc) is 3.36. The summed E-state index contributed by atoms with van der Waals surface area (Å²) >= 11 is 0. The Morgan fingerprint density at radius 1 is 1.17 bits per heavy atom. The summed E-state index contributed by atoms with van der Waals surface area (Å²) in [6.45, 7) is 3.25. The number of carbonyl (C=O) groups is 1. The molecular weight excluding hydrogens is 373 g/mol. The maximum absolute atomic E-state index is 13.1. The maximum Gasteiger partial charge on any atom is 0.257 e. The minimum absolute atomic E-state index is 0.0402. The maximum atomic E-state index is 13.1. The molecule has 0 N–H and O–H groups in total. The van der Waals surface area contributed by atoms with E-state index in [1.807, 2.05) is 24.3 Å². The lowest BCUT2D eigenvalue weighted by molar-refractivity contribution is -0.117. The molecule has 1 aliphatic rings. The summed E-state index contributed by atoms with van der Waals surface area (Å²) in [6, 6.07) is 13.4. The molecule has 6 nitrogen and oxygen atoms in total. The SMILES string of the molecule is CCCCOc1ccc(-c2nc(C3CC(=O)N(c4ccc(F)cc4)C3)no2)cc1. The molecule has 2 aromatic carbocycles. The number of benzene rings is 2. The van der Waals surface area contributed by atoms with E-state index in [0.29, 0.717) is 37.0 Å². The van der Waals surface area contributed by atoms with E-state index in [-0.39, 0.29) is 17.6 Å². The first-order valence-electron chi connectivity index (χ1n) is 9.77. The molecule has 150 valence electrons. The zero-order valence-corrected chi connectivity index (χ0v) is 16.2. The molecule has 1 fully saturated rings. The van der Waals surface area contributed by atoms with E-state index >= 15 is 0 Å². The lowest BCUT2D eigenvalue weighted by Crippen LogP contribution is -2.24. The van der Waals surface area contributed by atoms with Gasteiger partial charge >= 0.3 is 0 Å². The number of hydrogen-bond acceptors (Lipinski definition) is 5. The Morgan fingerprint density at radius 2 is 1.93 bits per heavy atom. The van der Waals surface area contributed by atoms with Crippen LogP contribution < -0.4 is 9.64 Å². The fourth-order valence-corrected chi connectivity index (χ4v) is 3.30. The van der Waals surface area contributed by atoms with Gasteiger partial charge < -0.3 is 14.2 Å². The number of hydrogen-bond donors (Lipinski definition) is 0. The van der Waals surface area contributed by atoms with Crippen molar-refractivity contribution < 1.29 is 18.4 Å². The summed E-state index contributed by atoms with van der Waals surface area (Å²) < 4.78 is 24.2. The summed E-state index contributed by atoms with van der Waals surface area (Å²) in [4.78, 5) is 18.5. The monoisotopic (exact) mass is 395 g/mol. The normalized spacial score (nSPS) is 16.4. The number of unbranched alkanes of at least 4 members (excludes halogenated alkanes) is 1. The standard InChI is InChI=1S/C22H22FN3O3/c1-2-3-12-28-19-10-4-15(5-11-19)22-24-21(25-29-22)16-13-20(27)26(14-16)18-8-6-17(23)7-9-18/h4-11,16H,2-3,12-14H2,1H3. The number of ether oxygens (including phenoxy) is 1. The molecule has 29 heavy (non-hydrogen) atoms. The molecule has 4 rings (SSSR count). The summed E-state index contributed by atoms with van der Waals surface area (Å²) in [7, 11) is 0. The highest BCUT2D eigenvalue weighted by Gasteiger charge is 2.34. The van der Waals surface area contributed by atoms with Crippen LogP contribution in [0.15, 0.2) is 53.1 Å². The van der Waals surface area contributed by atoms with Crippen molar-refractivity contribution >= 4 is 11.6 Å². The van der Waals surface area contributed by atoms with Gasteiger partial charge in [-0.25, -0.2) is 4.39 Å². The number of carbonyl (C=O) groups excluding carboxylic acids is 1. The predicted octanol–water partition coefficient (Wildman–Crippen LogP) is 4.58. The summed E-state index contributed by atoms with van der Waals surface area (Å²) in [5.41, 5.74) is 1.47. The molecule has 2 heterocycles. The summed E-state index contributed by atoms with van der Waals surface area (Å²) in [5, 5.41) is 4.08. The second kappa shape index (κ2) is 8.43. The molecule has 1 amide bonds. The number of amides is 1. The first kappa shape index (κ1) is 19.1. The van der Waals surface area contributed by atoms with Crippen LogP contribution in [-0.4, -0.2) is 29.2 Å². The van der Waals surface area contributed by atoms with E-state index in [9.17, 15) is 9.18 Å². The lowest BCUT2D eigenvalue weighted by atomic mass is 10.1. The number of nitrogens with zero attached hydrogens (tertiary/aromatic N) is 3. The summed E-state index contributed by atoms with van der Waals surface area (Å²) in [6.07, 6.45) is 2.40. The van der Waals surface area contributed by atoms with Crippen LogP contribution in [0.3, 0.4) is 0 Å². The van der Waals surface area contributed by atoms with Crippen molar-refractivity contribution in [2.45, 2.75) is 32.1 Å². The van der Waals surface area contributed by atoms with Gasteiger partial charge in [-0.15, -0.1) is 0 Å². The first-order valence-corrected chi connectivity index (χ1v) is 9.77. The van der Waals surface area contributed by atoms with Crippen molar-refractivity contribution in [3.8, 4) is 17.2 Å². The number of aromatic nitrogens is 2. The minimum atomic E-state index is -0.332. The van der Waals surface area contributed by atoms with Crippen LogP contribution in [0.1, 0.15) is 37.9 Å². The van der Waals surface area contributed by atoms with Gasteiger partial charge in [-0.3, -0.25) is 4.79 Å². The molecule has 0 bridgehead atoms. The van der Waals surface area contributed by atoms with Gasteiger partial charge in [0, 0.05) is 30.1 Å². The molecule has 0 spiro atoms. The van der Waals surface area contributed by atoms with E-state index in [2.05, 4.69) is 17.1 Å². The van der Waals surface area contributed by atoms with Crippen molar-refractivity contribution in [1.82, 2.24) is 10.1 Å². The predicted molar refractivity (Wildman–Crippen MR) is 106 cm³/mol. The second-order valence-corrected chi connectivity index (χ2v) is 7.07. The van der Waals surface area contributed by atoms with Crippen LogP contribution in [0.5, 0.6) is 5.75 Å². The molecule has 7 heteroatoms. The topological polar surface area (TPSA) is 68.5 Å². The highest BCUT2D eigenvalue weighted by molar-refractivity contribution is 5.96. The van der Waals surface area contributed by atoms with E-state index in [1.54, 1.807) is 17.0 Å². The fraction of sp³-hybridized carbons (Fsp3) is 0.318. The van der Waals surface area contributed by atoms with Gasteiger partial charge in [-0.2, -0.15) is 4.98 Å². The molecule has 0 aliphatic carbocycles. The molecule has 1 saturated heterocycles. The van der Waals surface area contributed by atoms with Gasteiger partial charge in [0.1, 0.15) is 11.6 Å². The average molecular weight is 395 g/mol.